The summed E-state index contributed by atoms with van der Waals surface area (Å²) in [5.74, 6) is -1.17. The van der Waals surface area contributed by atoms with Crippen molar-refractivity contribution in [2.45, 2.75) is 30.7 Å². The Hall–Kier alpha value is -1.92. The highest BCUT2D eigenvalue weighted by molar-refractivity contribution is 7.89. The summed E-state index contributed by atoms with van der Waals surface area (Å²) < 4.78 is 27.2. The van der Waals surface area contributed by atoms with Crippen molar-refractivity contribution in [1.29, 1.82) is 0 Å². The molecule has 2 aromatic carbocycles. The predicted octanol–water partition coefficient (Wildman–Crippen LogP) is 2.37. The molecule has 1 atom stereocenters. The van der Waals surface area contributed by atoms with Gasteiger partial charge in [-0.1, -0.05) is 49.7 Å². The highest BCUT2D eigenvalue weighted by atomic mass is 32.2. The number of rotatable bonds is 6. The van der Waals surface area contributed by atoms with E-state index in [9.17, 15) is 13.2 Å². The van der Waals surface area contributed by atoms with Crippen LogP contribution in [0.5, 0.6) is 0 Å². The van der Waals surface area contributed by atoms with Crippen molar-refractivity contribution >= 4 is 26.8 Å². The Bertz CT molecular complexity index is 750. The number of hydrogen-bond donors (Lipinski definition) is 2. The van der Waals surface area contributed by atoms with E-state index in [2.05, 4.69) is 4.72 Å². The zero-order chi connectivity index (χ0) is 15.5. The molecular formula is C15H17NO4S. The van der Waals surface area contributed by atoms with Gasteiger partial charge in [-0.05, 0) is 17.9 Å². The normalized spacial score (nSPS) is 13.2. The first-order chi connectivity index (χ1) is 9.95. The van der Waals surface area contributed by atoms with Gasteiger partial charge in [-0.2, -0.15) is 4.72 Å². The predicted molar refractivity (Wildman–Crippen MR) is 80.6 cm³/mol. The first-order valence-corrected chi connectivity index (χ1v) is 8.17. The molecule has 0 saturated heterocycles. The lowest BCUT2D eigenvalue weighted by Crippen LogP contribution is -2.40. The van der Waals surface area contributed by atoms with E-state index in [-0.39, 0.29) is 11.3 Å². The monoisotopic (exact) mass is 307 g/mol. The minimum Gasteiger partial charge on any atom is -0.480 e. The molecule has 2 aromatic rings. The summed E-state index contributed by atoms with van der Waals surface area (Å²) in [6.45, 7) is 1.81. The van der Waals surface area contributed by atoms with Crippen molar-refractivity contribution in [3.8, 4) is 0 Å². The first-order valence-electron chi connectivity index (χ1n) is 6.68. The highest BCUT2D eigenvalue weighted by Gasteiger charge is 2.25. The van der Waals surface area contributed by atoms with Crippen molar-refractivity contribution in [2.75, 3.05) is 0 Å². The second kappa shape index (κ2) is 6.24. The van der Waals surface area contributed by atoms with Crippen LogP contribution in [0.15, 0.2) is 47.4 Å². The molecule has 1 unspecified atom stereocenters. The molecule has 21 heavy (non-hydrogen) atoms. The maximum atomic E-state index is 12.5. The minimum absolute atomic E-state index is 0.1000. The Morgan fingerprint density at radius 1 is 1.19 bits per heavy atom. The lowest BCUT2D eigenvalue weighted by molar-refractivity contribution is -0.139. The molecule has 2 rings (SSSR count). The number of nitrogens with one attached hydrogen (secondary N) is 1. The Morgan fingerprint density at radius 2 is 1.86 bits per heavy atom. The zero-order valence-electron chi connectivity index (χ0n) is 11.6. The van der Waals surface area contributed by atoms with E-state index in [0.29, 0.717) is 11.8 Å². The molecule has 0 aliphatic heterocycles. The van der Waals surface area contributed by atoms with Crippen LogP contribution in [-0.2, 0) is 14.8 Å². The third kappa shape index (κ3) is 3.40. The maximum absolute atomic E-state index is 12.5. The molecule has 0 radical (unpaired) electrons. The molecule has 0 fully saturated rings. The summed E-state index contributed by atoms with van der Waals surface area (Å²) in [7, 11) is -3.88. The first kappa shape index (κ1) is 15.5. The van der Waals surface area contributed by atoms with Gasteiger partial charge in [0.2, 0.25) is 10.0 Å². The van der Waals surface area contributed by atoms with Gasteiger partial charge in [0.1, 0.15) is 6.04 Å². The lowest BCUT2D eigenvalue weighted by Gasteiger charge is -2.15. The second-order valence-electron chi connectivity index (χ2n) is 4.78. The lowest BCUT2D eigenvalue weighted by atomic mass is 10.1. The number of hydrogen-bond acceptors (Lipinski definition) is 3. The molecule has 2 N–H and O–H groups in total. The number of benzene rings is 2. The molecule has 0 aliphatic rings. The van der Waals surface area contributed by atoms with E-state index < -0.39 is 22.0 Å². The molecule has 0 spiro atoms. The van der Waals surface area contributed by atoms with Gasteiger partial charge in [-0.15, -0.1) is 0 Å². The van der Waals surface area contributed by atoms with Gasteiger partial charge in [-0.3, -0.25) is 4.79 Å². The number of carbonyl (C=O) groups is 1. The quantitative estimate of drug-likeness (QED) is 0.858. The van der Waals surface area contributed by atoms with E-state index in [4.69, 9.17) is 5.11 Å². The SMILES string of the molecule is CCCC(NS(=O)(=O)c1cccc2ccccc12)C(=O)O. The fourth-order valence-electron chi connectivity index (χ4n) is 2.20. The van der Waals surface area contributed by atoms with Crippen molar-refractivity contribution in [1.82, 2.24) is 4.72 Å². The molecule has 0 aromatic heterocycles. The van der Waals surface area contributed by atoms with Gasteiger partial charge in [-0.25, -0.2) is 8.42 Å². The number of fused-ring (bicyclic) bond motifs is 1. The van der Waals surface area contributed by atoms with E-state index in [1.54, 1.807) is 18.2 Å². The Kier molecular flexibility index (Phi) is 4.59. The van der Waals surface area contributed by atoms with Crippen molar-refractivity contribution in [3.63, 3.8) is 0 Å². The number of sulfonamides is 1. The van der Waals surface area contributed by atoms with Crippen LogP contribution in [0.4, 0.5) is 0 Å². The average Bonchev–Trinajstić information content (AvgIpc) is 2.46. The Balaban J connectivity index is 2.44. The standard InChI is InChI=1S/C15H17NO4S/c1-2-6-13(15(17)18)16-21(19,20)14-10-5-8-11-7-3-4-9-12(11)14/h3-5,7-10,13,16H,2,6H2,1H3,(H,17,18). The van der Waals surface area contributed by atoms with E-state index in [0.717, 1.165) is 5.39 Å². The van der Waals surface area contributed by atoms with Crippen LogP contribution in [0, 0.1) is 0 Å². The maximum Gasteiger partial charge on any atom is 0.321 e. The summed E-state index contributed by atoms with van der Waals surface area (Å²) >= 11 is 0. The average molecular weight is 307 g/mol. The van der Waals surface area contributed by atoms with E-state index in [1.165, 1.54) is 6.07 Å². The van der Waals surface area contributed by atoms with Crippen LogP contribution in [-0.4, -0.2) is 25.5 Å². The number of carboxylic acid groups (broad SMARTS) is 1. The zero-order valence-corrected chi connectivity index (χ0v) is 12.4. The molecule has 6 heteroatoms. The van der Waals surface area contributed by atoms with Crippen LogP contribution in [0.1, 0.15) is 19.8 Å². The van der Waals surface area contributed by atoms with Gasteiger partial charge in [0.25, 0.3) is 0 Å². The third-order valence-corrected chi connectivity index (χ3v) is 4.74. The molecule has 0 bridgehead atoms. The largest absolute Gasteiger partial charge is 0.480 e. The molecular weight excluding hydrogens is 290 g/mol. The number of carboxylic acids is 1. The van der Waals surface area contributed by atoms with Gasteiger partial charge in [0, 0.05) is 5.39 Å². The summed E-state index contributed by atoms with van der Waals surface area (Å²) in [6.07, 6.45) is 0.828. The molecule has 5 nitrogen and oxygen atoms in total. The van der Waals surface area contributed by atoms with Gasteiger partial charge < -0.3 is 5.11 Å². The molecule has 0 heterocycles. The van der Waals surface area contributed by atoms with Crippen molar-refractivity contribution in [2.24, 2.45) is 0 Å². The third-order valence-electron chi connectivity index (χ3n) is 3.21. The number of aliphatic carboxylic acids is 1. The molecule has 0 aliphatic carbocycles. The molecule has 0 amide bonds. The van der Waals surface area contributed by atoms with Gasteiger partial charge in [0.05, 0.1) is 4.90 Å². The summed E-state index contributed by atoms with van der Waals surface area (Å²) in [4.78, 5) is 11.2. The van der Waals surface area contributed by atoms with Crippen LogP contribution in [0.25, 0.3) is 10.8 Å². The topological polar surface area (TPSA) is 83.5 Å². The van der Waals surface area contributed by atoms with Crippen molar-refractivity contribution < 1.29 is 18.3 Å². The minimum atomic E-state index is -3.88. The van der Waals surface area contributed by atoms with Crippen LogP contribution in [0.2, 0.25) is 0 Å². The van der Waals surface area contributed by atoms with Crippen LogP contribution < -0.4 is 4.72 Å². The molecule has 0 saturated carbocycles. The van der Waals surface area contributed by atoms with E-state index in [1.807, 2.05) is 25.1 Å². The summed E-state index contributed by atoms with van der Waals surface area (Å²) in [5.41, 5.74) is 0. The van der Waals surface area contributed by atoms with Crippen molar-refractivity contribution in [3.05, 3.63) is 42.5 Å². The fourth-order valence-corrected chi connectivity index (χ4v) is 3.66. The van der Waals surface area contributed by atoms with Gasteiger partial charge >= 0.3 is 5.97 Å². The summed E-state index contributed by atoms with van der Waals surface area (Å²) in [5, 5.41) is 10.5. The van der Waals surface area contributed by atoms with Crippen LogP contribution in [0.3, 0.4) is 0 Å². The fraction of sp³-hybridized carbons (Fsp3) is 0.267. The highest BCUT2D eigenvalue weighted by Crippen LogP contribution is 2.23. The smallest absolute Gasteiger partial charge is 0.321 e. The van der Waals surface area contributed by atoms with Gasteiger partial charge in [0.15, 0.2) is 0 Å². The second-order valence-corrected chi connectivity index (χ2v) is 6.46. The molecule has 112 valence electrons. The van der Waals surface area contributed by atoms with Crippen LogP contribution >= 0.6 is 0 Å². The van der Waals surface area contributed by atoms with E-state index >= 15 is 0 Å². The Labute approximate surface area is 123 Å². The Morgan fingerprint density at radius 3 is 2.52 bits per heavy atom. The summed E-state index contributed by atoms with van der Waals surface area (Å²) in [6, 6.07) is 10.9.